The highest BCUT2D eigenvalue weighted by Crippen LogP contribution is 2.31. The molecule has 1 aromatic heterocycles. The summed E-state index contributed by atoms with van der Waals surface area (Å²) in [5, 5.41) is 0. The Morgan fingerprint density at radius 2 is 1.76 bits per heavy atom. The van der Waals surface area contributed by atoms with E-state index in [2.05, 4.69) is 4.99 Å². The Morgan fingerprint density at radius 1 is 1.00 bits per heavy atom. The SMILES string of the molecule is CCOC(=O)C1=C(C)N=c2s/c(=C\c3ccc(OCc4ccccc4F)c(OCC)c3)c(=O)n2C1c1ccccc1. The van der Waals surface area contributed by atoms with Crippen LogP contribution in [0.5, 0.6) is 11.5 Å². The summed E-state index contributed by atoms with van der Waals surface area (Å²) in [6.07, 6.45) is 1.76. The minimum Gasteiger partial charge on any atom is -0.490 e. The predicted octanol–water partition coefficient (Wildman–Crippen LogP) is 4.92. The van der Waals surface area contributed by atoms with Gasteiger partial charge in [0.15, 0.2) is 16.3 Å². The Morgan fingerprint density at radius 3 is 2.49 bits per heavy atom. The average Bonchev–Trinajstić information content (AvgIpc) is 3.27. The van der Waals surface area contributed by atoms with Gasteiger partial charge in [0, 0.05) is 5.56 Å². The van der Waals surface area contributed by atoms with Gasteiger partial charge in [-0.3, -0.25) is 9.36 Å². The van der Waals surface area contributed by atoms with Crippen molar-refractivity contribution >= 4 is 23.4 Å². The molecule has 0 N–H and O–H groups in total. The largest absolute Gasteiger partial charge is 0.490 e. The summed E-state index contributed by atoms with van der Waals surface area (Å²) in [5.41, 5.74) is 2.52. The van der Waals surface area contributed by atoms with Crippen LogP contribution in [-0.2, 0) is 16.1 Å². The Labute approximate surface area is 240 Å². The maximum atomic E-state index is 14.1. The third kappa shape index (κ3) is 5.85. The molecule has 0 spiro atoms. The number of benzene rings is 3. The van der Waals surface area contributed by atoms with Crippen LogP contribution in [0.15, 0.2) is 93.9 Å². The quantitative estimate of drug-likeness (QED) is 0.266. The predicted molar refractivity (Wildman–Crippen MR) is 155 cm³/mol. The van der Waals surface area contributed by atoms with Crippen LogP contribution in [0, 0.1) is 5.82 Å². The number of rotatable bonds is 9. The monoisotopic (exact) mass is 572 g/mol. The fourth-order valence-corrected chi connectivity index (χ4v) is 5.71. The number of aromatic nitrogens is 1. The van der Waals surface area contributed by atoms with Gasteiger partial charge in [-0.2, -0.15) is 0 Å². The molecule has 0 radical (unpaired) electrons. The average molecular weight is 573 g/mol. The second kappa shape index (κ2) is 12.3. The van der Waals surface area contributed by atoms with Gasteiger partial charge in [0.2, 0.25) is 0 Å². The van der Waals surface area contributed by atoms with Crippen molar-refractivity contribution in [3.63, 3.8) is 0 Å². The van der Waals surface area contributed by atoms with Crippen molar-refractivity contribution in [1.82, 2.24) is 4.57 Å². The second-order valence-electron chi connectivity index (χ2n) is 9.23. The normalized spacial score (nSPS) is 14.8. The minimum atomic E-state index is -0.665. The topological polar surface area (TPSA) is 79.1 Å². The van der Waals surface area contributed by atoms with E-state index in [1.807, 2.05) is 37.3 Å². The van der Waals surface area contributed by atoms with Crippen LogP contribution < -0.4 is 24.4 Å². The van der Waals surface area contributed by atoms with Crippen molar-refractivity contribution in [3.8, 4) is 11.5 Å². The van der Waals surface area contributed by atoms with E-state index in [0.717, 1.165) is 11.1 Å². The van der Waals surface area contributed by atoms with Crippen LogP contribution in [-0.4, -0.2) is 23.8 Å². The van der Waals surface area contributed by atoms with E-state index in [0.29, 0.717) is 44.3 Å². The van der Waals surface area contributed by atoms with E-state index in [1.165, 1.54) is 17.4 Å². The third-order valence-corrected chi connectivity index (χ3v) is 7.52. The molecule has 3 aromatic carbocycles. The third-order valence-electron chi connectivity index (χ3n) is 6.54. The number of ether oxygens (including phenoxy) is 3. The molecule has 7 nitrogen and oxygen atoms in total. The minimum absolute atomic E-state index is 0.0479. The summed E-state index contributed by atoms with van der Waals surface area (Å²) in [7, 11) is 0. The highest BCUT2D eigenvalue weighted by Gasteiger charge is 2.33. The number of allylic oxidation sites excluding steroid dienone is 1. The van der Waals surface area contributed by atoms with Gasteiger partial charge in [0.1, 0.15) is 12.4 Å². The Balaban J connectivity index is 1.55. The summed E-state index contributed by atoms with van der Waals surface area (Å²) in [5.74, 6) is 0.109. The zero-order chi connectivity index (χ0) is 28.9. The maximum Gasteiger partial charge on any atom is 0.338 e. The Hall–Kier alpha value is -4.50. The first-order chi connectivity index (χ1) is 19.9. The molecule has 1 aliphatic rings. The zero-order valence-corrected chi connectivity index (χ0v) is 23.7. The van der Waals surface area contributed by atoms with E-state index in [1.54, 1.807) is 60.9 Å². The molecule has 4 aromatic rings. The highest BCUT2D eigenvalue weighted by molar-refractivity contribution is 7.07. The van der Waals surface area contributed by atoms with Crippen LogP contribution in [0.2, 0.25) is 0 Å². The first kappa shape index (κ1) is 28.0. The van der Waals surface area contributed by atoms with Crippen molar-refractivity contribution in [2.45, 2.75) is 33.4 Å². The molecule has 1 atom stereocenters. The number of hydrogen-bond acceptors (Lipinski definition) is 7. The van der Waals surface area contributed by atoms with Crippen molar-refractivity contribution in [1.29, 1.82) is 0 Å². The lowest BCUT2D eigenvalue weighted by molar-refractivity contribution is -0.139. The molecular weight excluding hydrogens is 543 g/mol. The number of carbonyl (C=O) groups is 1. The molecular formula is C32H29FN2O5S. The van der Waals surface area contributed by atoms with Gasteiger partial charge in [-0.25, -0.2) is 14.2 Å². The number of nitrogens with zero attached hydrogens (tertiary/aromatic N) is 2. The maximum absolute atomic E-state index is 14.1. The van der Waals surface area contributed by atoms with Crippen molar-refractivity contribution < 1.29 is 23.4 Å². The van der Waals surface area contributed by atoms with Gasteiger partial charge in [-0.1, -0.05) is 65.9 Å². The zero-order valence-electron chi connectivity index (χ0n) is 22.9. The van der Waals surface area contributed by atoms with E-state index in [-0.39, 0.29) is 24.6 Å². The molecule has 1 unspecified atom stereocenters. The molecule has 0 fully saturated rings. The molecule has 1 aliphatic heterocycles. The number of carbonyl (C=O) groups excluding carboxylic acids is 1. The summed E-state index contributed by atoms with van der Waals surface area (Å²) >= 11 is 1.25. The lowest BCUT2D eigenvalue weighted by atomic mass is 9.96. The lowest BCUT2D eigenvalue weighted by Crippen LogP contribution is -2.39. The molecule has 41 heavy (non-hydrogen) atoms. The van der Waals surface area contributed by atoms with Crippen molar-refractivity contribution in [2.24, 2.45) is 4.99 Å². The first-order valence-electron chi connectivity index (χ1n) is 13.3. The van der Waals surface area contributed by atoms with E-state index in [4.69, 9.17) is 14.2 Å². The molecule has 210 valence electrons. The molecule has 0 amide bonds. The van der Waals surface area contributed by atoms with E-state index < -0.39 is 12.0 Å². The van der Waals surface area contributed by atoms with Crippen LogP contribution in [0.3, 0.4) is 0 Å². The molecule has 0 saturated heterocycles. The lowest BCUT2D eigenvalue weighted by Gasteiger charge is -2.24. The van der Waals surface area contributed by atoms with Crippen LogP contribution >= 0.6 is 11.3 Å². The Bertz CT molecular complexity index is 1790. The van der Waals surface area contributed by atoms with Crippen LogP contribution in [0.25, 0.3) is 6.08 Å². The summed E-state index contributed by atoms with van der Waals surface area (Å²) in [4.78, 5) is 31.9. The molecule has 0 saturated carbocycles. The fraction of sp³-hybridized carbons (Fsp3) is 0.219. The van der Waals surface area contributed by atoms with Gasteiger partial charge < -0.3 is 14.2 Å². The highest BCUT2D eigenvalue weighted by atomic mass is 32.1. The first-order valence-corrected chi connectivity index (χ1v) is 14.1. The standard InChI is InChI=1S/C32H29FN2O5S/c1-4-38-26-17-21(15-16-25(26)40-19-23-13-9-10-14-24(23)33)18-27-30(36)35-29(22-11-7-6-8-12-22)28(31(37)39-5-2)20(3)34-32(35)41-27/h6-18,29H,4-5,19H2,1-3H3/b27-18-. The second-order valence-corrected chi connectivity index (χ2v) is 10.2. The molecule has 5 rings (SSSR count). The van der Waals surface area contributed by atoms with Gasteiger partial charge in [-0.05, 0) is 56.2 Å². The fourth-order valence-electron chi connectivity index (χ4n) is 4.67. The molecule has 2 heterocycles. The van der Waals surface area contributed by atoms with Crippen molar-refractivity contribution in [3.05, 3.63) is 126 Å². The number of thiazole rings is 1. The van der Waals surface area contributed by atoms with Crippen LogP contribution in [0.4, 0.5) is 4.39 Å². The van der Waals surface area contributed by atoms with Crippen molar-refractivity contribution in [2.75, 3.05) is 13.2 Å². The number of hydrogen-bond donors (Lipinski definition) is 0. The van der Waals surface area contributed by atoms with Crippen LogP contribution in [0.1, 0.15) is 43.5 Å². The number of fused-ring (bicyclic) bond motifs is 1. The van der Waals surface area contributed by atoms with E-state index >= 15 is 0 Å². The van der Waals surface area contributed by atoms with Gasteiger partial charge in [-0.15, -0.1) is 0 Å². The molecule has 9 heteroatoms. The number of halogens is 1. The van der Waals surface area contributed by atoms with Gasteiger partial charge in [0.05, 0.1) is 35.1 Å². The smallest absolute Gasteiger partial charge is 0.338 e. The van der Waals surface area contributed by atoms with Gasteiger partial charge >= 0.3 is 5.97 Å². The molecule has 0 aliphatic carbocycles. The van der Waals surface area contributed by atoms with E-state index in [9.17, 15) is 14.0 Å². The summed E-state index contributed by atoms with van der Waals surface area (Å²) in [6.45, 7) is 6.02. The number of esters is 1. The summed E-state index contributed by atoms with van der Waals surface area (Å²) in [6, 6.07) is 20.5. The molecule has 0 bridgehead atoms. The summed E-state index contributed by atoms with van der Waals surface area (Å²) < 4.78 is 33.1. The Kier molecular flexibility index (Phi) is 8.45. The van der Waals surface area contributed by atoms with Gasteiger partial charge in [0.25, 0.3) is 5.56 Å².